The van der Waals surface area contributed by atoms with Crippen molar-refractivity contribution in [1.29, 1.82) is 3.70 Å². The van der Waals surface area contributed by atoms with Gasteiger partial charge in [-0.2, -0.15) is 0 Å². The molecule has 1 rings (SSSR count). The molecule has 11 heavy (non-hydrogen) atoms. The molecule has 0 aromatic heterocycles. The molecule has 0 spiro atoms. The maximum absolute atomic E-state index is 11.0. The van der Waals surface area contributed by atoms with Gasteiger partial charge in [-0.05, 0) is 12.1 Å². The molecular formula is C8H10O2Si. The van der Waals surface area contributed by atoms with E-state index < -0.39 is 16.0 Å². The predicted octanol–water partition coefficient (Wildman–Crippen LogP) is -0.536. The van der Waals surface area contributed by atoms with Crippen molar-refractivity contribution in [1.82, 2.24) is 0 Å². The fourth-order valence-corrected chi connectivity index (χ4v) is 0.891. The average molecular weight is 172 g/mol. The lowest BCUT2D eigenvalue weighted by atomic mass is 10.2. The van der Waals surface area contributed by atoms with E-state index >= 15 is 0 Å². The van der Waals surface area contributed by atoms with Gasteiger partial charge in [0.1, 0.15) is 0 Å². The van der Waals surface area contributed by atoms with Gasteiger partial charge in [0.2, 0.25) is 0 Å². The van der Waals surface area contributed by atoms with E-state index in [1.807, 2.05) is 0 Å². The smallest absolute Gasteiger partial charge is 0.337 e. The van der Waals surface area contributed by atoms with Crippen LogP contribution in [-0.2, 0) is 4.74 Å². The predicted molar refractivity (Wildman–Crippen MR) is 47.4 cm³/mol. The molecule has 0 saturated heterocycles. The first kappa shape index (κ1) is 4.72. The number of carbonyl (C=O) groups excluding carboxylic acids is 1. The van der Waals surface area contributed by atoms with Crippen molar-refractivity contribution in [3.63, 3.8) is 0 Å². The van der Waals surface area contributed by atoms with Crippen molar-refractivity contribution in [3.8, 4) is 0 Å². The van der Waals surface area contributed by atoms with Crippen molar-refractivity contribution in [3.05, 3.63) is 29.8 Å². The average Bonchev–Trinajstić information content (AvgIpc) is 2.15. The molecule has 0 radical (unpaired) electrons. The molecule has 0 heterocycles. The van der Waals surface area contributed by atoms with E-state index in [9.17, 15) is 4.79 Å². The molecule has 0 unspecified atom stereocenters. The Bertz CT molecular complexity index is 331. The van der Waals surface area contributed by atoms with E-state index in [-0.39, 0.29) is 0 Å². The monoisotopic (exact) mass is 172 g/mol. The minimum Gasteiger partial charge on any atom is -0.465 e. The largest absolute Gasteiger partial charge is 0.465 e. The second-order valence-corrected chi connectivity index (χ2v) is 2.65. The van der Waals surface area contributed by atoms with E-state index in [1.54, 1.807) is 0 Å². The first-order valence-corrected chi connectivity index (χ1v) is 3.64. The van der Waals surface area contributed by atoms with Gasteiger partial charge in [0.15, 0.2) is 0 Å². The highest BCUT2D eigenvalue weighted by Crippen LogP contribution is 1.97. The van der Waals surface area contributed by atoms with Crippen LogP contribution in [0.25, 0.3) is 0 Å². The highest BCUT2D eigenvalue weighted by atomic mass is 28.1. The second kappa shape index (κ2) is 3.34. The summed E-state index contributed by atoms with van der Waals surface area (Å²) in [7, 11) is -2.22. The summed E-state index contributed by atoms with van der Waals surface area (Å²) in [5.74, 6) is -0.455. The maximum atomic E-state index is 11.0. The third kappa shape index (κ3) is 1.91. The standard InChI is InChI=1S/C8H10O2Si/c1-10-8(9)6-2-4-7(11)5-3-6/h2-5H,1,11H3/i11T3. The van der Waals surface area contributed by atoms with E-state index in [0.29, 0.717) is 10.8 Å². The molecule has 0 atom stereocenters. The third-order valence-corrected chi connectivity index (χ3v) is 1.64. The Morgan fingerprint density at radius 2 is 2.18 bits per heavy atom. The van der Waals surface area contributed by atoms with Gasteiger partial charge < -0.3 is 4.74 Å². The highest BCUT2D eigenvalue weighted by Gasteiger charge is 2.01. The molecule has 0 saturated carbocycles. The van der Waals surface area contributed by atoms with Gasteiger partial charge in [-0.1, -0.05) is 17.3 Å². The van der Waals surface area contributed by atoms with E-state index in [0.717, 1.165) is 0 Å². The van der Waals surface area contributed by atoms with Crippen LogP contribution in [0.5, 0.6) is 0 Å². The normalized spacial score (nSPS) is 14.5. The van der Waals surface area contributed by atoms with Crippen molar-refractivity contribution < 1.29 is 9.53 Å². The van der Waals surface area contributed by atoms with Crippen LogP contribution < -0.4 is 5.19 Å². The van der Waals surface area contributed by atoms with Gasteiger partial charge in [0, 0.05) is 13.7 Å². The molecule has 0 fully saturated rings. The Balaban J connectivity index is 2.95. The fraction of sp³-hybridized carbons (Fsp3) is 0.125. The van der Waals surface area contributed by atoms with Gasteiger partial charge in [-0.25, -0.2) is 4.79 Å². The second-order valence-electron chi connectivity index (χ2n) is 2.07. The number of carbonyl (C=O) groups is 1. The van der Waals surface area contributed by atoms with Gasteiger partial charge in [-0.15, -0.1) is 0 Å². The summed E-state index contributed by atoms with van der Waals surface area (Å²) in [6, 6.07) is 5.87. The van der Waals surface area contributed by atoms with E-state index in [4.69, 9.17) is 3.70 Å². The summed E-state index contributed by atoms with van der Waals surface area (Å²) >= 11 is 0. The number of hydrogen-bond donors (Lipinski definition) is 0. The summed E-state index contributed by atoms with van der Waals surface area (Å²) in [5, 5.41) is 0.352. The van der Waals surface area contributed by atoms with Crippen LogP contribution in [-0.4, -0.2) is 26.8 Å². The molecule has 58 valence electrons. The number of benzene rings is 1. The summed E-state index contributed by atoms with van der Waals surface area (Å²) < 4.78 is 26.2. The van der Waals surface area contributed by atoms with E-state index in [1.165, 1.54) is 31.4 Å². The third-order valence-electron chi connectivity index (χ3n) is 1.31. The van der Waals surface area contributed by atoms with Gasteiger partial charge in [0.25, 0.3) is 0 Å². The molecule has 0 aliphatic heterocycles. The topological polar surface area (TPSA) is 26.3 Å². The summed E-state index contributed by atoms with van der Waals surface area (Å²) in [5.41, 5.74) is 0.370. The zero-order valence-corrected chi connectivity index (χ0v) is 7.13. The highest BCUT2D eigenvalue weighted by molar-refractivity contribution is 6.32. The SMILES string of the molecule is [3H][Si]([3H])([3H])c1ccc(C(=O)OC)cc1. The number of hydrogen-bond acceptors (Lipinski definition) is 2. The zero-order valence-electron chi connectivity index (χ0n) is 9.13. The number of rotatable bonds is 2. The van der Waals surface area contributed by atoms with Crippen LogP contribution in [0.15, 0.2) is 24.3 Å². The minimum atomic E-state index is -3.50. The van der Waals surface area contributed by atoms with Crippen LogP contribution in [0, 0.1) is 0 Å². The van der Waals surface area contributed by atoms with E-state index in [2.05, 4.69) is 4.74 Å². The number of methoxy groups -OCH3 is 1. The van der Waals surface area contributed by atoms with Crippen LogP contribution >= 0.6 is 0 Å². The molecule has 0 N–H and O–H groups in total. The molecule has 0 aliphatic rings. The first-order chi connectivity index (χ1) is 6.45. The van der Waals surface area contributed by atoms with Crippen LogP contribution in [0.2, 0.25) is 0 Å². The molecule has 1 aromatic carbocycles. The van der Waals surface area contributed by atoms with Crippen molar-refractivity contribution in [2.75, 3.05) is 7.11 Å². The van der Waals surface area contributed by atoms with Crippen LogP contribution in [0.1, 0.15) is 10.4 Å². The van der Waals surface area contributed by atoms with Crippen molar-refractivity contribution >= 4 is 21.2 Å². The summed E-state index contributed by atoms with van der Waals surface area (Å²) in [6.45, 7) is 0. The van der Waals surface area contributed by atoms with Gasteiger partial charge >= 0.3 is 5.97 Å². The Labute approximate surface area is 72.3 Å². The Morgan fingerprint density at radius 3 is 2.64 bits per heavy atom. The molecule has 3 heteroatoms. The zero-order chi connectivity index (χ0) is 10.8. The summed E-state index contributed by atoms with van der Waals surface area (Å²) in [6.07, 6.45) is 0. The molecule has 0 amide bonds. The molecular weight excluding hydrogens is 156 g/mol. The number of esters is 1. The number of ether oxygens (including phenoxy) is 1. The maximum Gasteiger partial charge on any atom is 0.337 e. The minimum absolute atomic E-state index is 0.352. The lowest BCUT2D eigenvalue weighted by Crippen LogP contribution is -2.05. The first-order valence-electron chi connectivity index (χ1n) is 4.64. The Kier molecular flexibility index (Phi) is 1.43. The molecule has 2 nitrogen and oxygen atoms in total. The van der Waals surface area contributed by atoms with Gasteiger partial charge in [0.05, 0.1) is 12.7 Å². The lowest BCUT2D eigenvalue weighted by Gasteiger charge is -1.97. The quantitative estimate of drug-likeness (QED) is 0.442. The Morgan fingerprint density at radius 1 is 1.55 bits per heavy atom. The fourth-order valence-electron chi connectivity index (χ4n) is 0.724. The summed E-state index contributed by atoms with van der Waals surface area (Å²) in [4.78, 5) is 11.0. The molecule has 1 aromatic rings. The molecule has 0 bridgehead atoms. The van der Waals surface area contributed by atoms with Crippen molar-refractivity contribution in [2.45, 2.75) is 0 Å². The van der Waals surface area contributed by atoms with Crippen molar-refractivity contribution in [2.24, 2.45) is 0 Å². The van der Waals surface area contributed by atoms with Crippen LogP contribution in [0.4, 0.5) is 0 Å². The van der Waals surface area contributed by atoms with Gasteiger partial charge in [-0.3, -0.25) is 0 Å². The molecule has 0 aliphatic carbocycles. The lowest BCUT2D eigenvalue weighted by molar-refractivity contribution is 0.0601. The van der Waals surface area contributed by atoms with Crippen LogP contribution in [0.3, 0.4) is 0 Å². The Hall–Kier alpha value is -1.09.